The summed E-state index contributed by atoms with van der Waals surface area (Å²) in [4.78, 5) is 25.3. The summed E-state index contributed by atoms with van der Waals surface area (Å²) in [5.41, 5.74) is 14.1. The second kappa shape index (κ2) is 9.15. The van der Waals surface area contributed by atoms with Gasteiger partial charge >= 0.3 is 0 Å². The average molecular weight is 458 g/mol. The lowest BCUT2D eigenvalue weighted by Crippen LogP contribution is -2.25. The Hall–Kier alpha value is -4.90. The number of nitrogens with zero attached hydrogens (tertiary/aromatic N) is 1. The maximum absolute atomic E-state index is 11.5. The van der Waals surface area contributed by atoms with Gasteiger partial charge in [0.05, 0.1) is 0 Å². The molecule has 0 atom stereocenters. The van der Waals surface area contributed by atoms with E-state index in [1.807, 2.05) is 54.6 Å². The van der Waals surface area contributed by atoms with E-state index in [-0.39, 0.29) is 5.57 Å². The lowest BCUT2D eigenvalue weighted by atomic mass is 10.0. The number of para-hydroxylation sites is 1. The number of nitrogens with two attached hydrogens (primary N) is 2. The van der Waals surface area contributed by atoms with Crippen LogP contribution in [0.5, 0.6) is 0 Å². The first-order valence-corrected chi connectivity index (χ1v) is 11.2. The molecule has 5 rings (SSSR count). The Bertz CT molecular complexity index is 1590. The van der Waals surface area contributed by atoms with Crippen molar-refractivity contribution in [3.05, 3.63) is 120 Å². The monoisotopic (exact) mass is 457 g/mol. The molecule has 5 nitrogen and oxygen atoms in total. The molecule has 0 aromatic heterocycles. The second-order valence-electron chi connectivity index (χ2n) is 8.28. The fourth-order valence-corrected chi connectivity index (χ4v) is 4.25. The van der Waals surface area contributed by atoms with Crippen molar-refractivity contribution >= 4 is 56.5 Å². The molecular weight excluding hydrogens is 434 g/mol. The van der Waals surface area contributed by atoms with Gasteiger partial charge in [-0.05, 0) is 75.6 Å². The summed E-state index contributed by atoms with van der Waals surface area (Å²) in [6, 6.07) is 36.9. The van der Waals surface area contributed by atoms with Crippen molar-refractivity contribution in [2.24, 2.45) is 11.5 Å². The van der Waals surface area contributed by atoms with Gasteiger partial charge in [-0.1, -0.05) is 66.7 Å². The summed E-state index contributed by atoms with van der Waals surface area (Å²) in [5, 5.41) is 4.33. The second-order valence-corrected chi connectivity index (χ2v) is 8.28. The van der Waals surface area contributed by atoms with E-state index in [0.717, 1.165) is 27.8 Å². The molecule has 0 saturated carbocycles. The van der Waals surface area contributed by atoms with Gasteiger partial charge in [0.15, 0.2) is 0 Å². The highest BCUT2D eigenvalue weighted by molar-refractivity contribution is 6.20. The molecule has 5 aromatic rings. The van der Waals surface area contributed by atoms with Crippen molar-refractivity contribution in [2.45, 2.75) is 0 Å². The summed E-state index contributed by atoms with van der Waals surface area (Å²) in [6.45, 7) is 0. The number of rotatable bonds is 6. The van der Waals surface area contributed by atoms with Crippen molar-refractivity contribution in [1.29, 1.82) is 0 Å². The van der Waals surface area contributed by atoms with Crippen LogP contribution in [0.1, 0.15) is 5.56 Å². The van der Waals surface area contributed by atoms with E-state index in [1.165, 1.54) is 16.8 Å². The Balaban J connectivity index is 1.61. The molecule has 170 valence electrons. The maximum atomic E-state index is 11.5. The lowest BCUT2D eigenvalue weighted by Gasteiger charge is -2.26. The third-order valence-corrected chi connectivity index (χ3v) is 5.95. The minimum absolute atomic E-state index is 0.229. The van der Waals surface area contributed by atoms with Crippen molar-refractivity contribution in [2.75, 3.05) is 4.90 Å². The molecule has 0 saturated heterocycles. The smallest absolute Gasteiger partial charge is 0.254 e. The van der Waals surface area contributed by atoms with Crippen LogP contribution in [0.2, 0.25) is 0 Å². The predicted octanol–water partition coefficient (Wildman–Crippen LogP) is 5.82. The van der Waals surface area contributed by atoms with Gasteiger partial charge in [-0.25, -0.2) is 0 Å². The Morgan fingerprint density at radius 1 is 0.543 bits per heavy atom. The Labute approximate surface area is 202 Å². The van der Waals surface area contributed by atoms with E-state index in [2.05, 4.69) is 59.5 Å². The summed E-state index contributed by atoms with van der Waals surface area (Å²) < 4.78 is 0. The zero-order valence-corrected chi connectivity index (χ0v) is 18.9. The van der Waals surface area contributed by atoms with Crippen LogP contribution in [-0.4, -0.2) is 11.8 Å². The molecule has 5 aromatic carbocycles. The third-order valence-electron chi connectivity index (χ3n) is 5.95. The maximum Gasteiger partial charge on any atom is 0.254 e. The highest BCUT2D eigenvalue weighted by atomic mass is 16.2. The number of anilines is 3. The number of primary amides is 2. The number of carbonyl (C=O) groups excluding carboxylic acids is 2. The Morgan fingerprint density at radius 3 is 1.71 bits per heavy atom. The van der Waals surface area contributed by atoms with Crippen LogP contribution in [0.4, 0.5) is 17.1 Å². The molecule has 0 radical (unpaired) electrons. The van der Waals surface area contributed by atoms with Crippen LogP contribution in [0, 0.1) is 0 Å². The minimum atomic E-state index is -0.846. The fraction of sp³-hybridized carbons (Fsp3) is 0. The van der Waals surface area contributed by atoms with E-state index >= 15 is 0 Å². The zero-order valence-electron chi connectivity index (χ0n) is 18.9. The van der Waals surface area contributed by atoms with E-state index < -0.39 is 11.8 Å². The predicted molar refractivity (Wildman–Crippen MR) is 143 cm³/mol. The van der Waals surface area contributed by atoms with Crippen LogP contribution in [0.15, 0.2) is 115 Å². The highest BCUT2D eigenvalue weighted by Gasteiger charge is 2.14. The van der Waals surface area contributed by atoms with Gasteiger partial charge in [0.2, 0.25) is 0 Å². The van der Waals surface area contributed by atoms with Gasteiger partial charge in [0.1, 0.15) is 5.57 Å². The third kappa shape index (κ3) is 4.48. The number of benzene rings is 5. The Morgan fingerprint density at radius 2 is 1.06 bits per heavy atom. The van der Waals surface area contributed by atoms with Gasteiger partial charge < -0.3 is 16.4 Å². The standard InChI is InChI=1S/C30H23N3O2/c31-29(34)28(30(32)35)17-20-10-11-24-19-27(15-13-23(24)16-20)33(25-8-2-1-3-9-25)26-14-12-21-6-4-5-7-22(21)18-26/h1-19H,(H2,31,34)(H2,32,35). The van der Waals surface area contributed by atoms with Gasteiger partial charge in [-0.15, -0.1) is 0 Å². The SMILES string of the molecule is NC(=O)C(=Cc1ccc2cc(N(c3ccccc3)c3ccc4ccccc4c3)ccc2c1)C(N)=O. The number of carbonyl (C=O) groups is 2. The minimum Gasteiger partial charge on any atom is -0.365 e. The van der Waals surface area contributed by atoms with E-state index in [0.29, 0.717) is 5.56 Å². The topological polar surface area (TPSA) is 89.4 Å². The first kappa shape index (κ1) is 21.9. The van der Waals surface area contributed by atoms with Crippen molar-refractivity contribution in [1.82, 2.24) is 0 Å². The van der Waals surface area contributed by atoms with Gasteiger partial charge in [0, 0.05) is 17.1 Å². The normalized spacial score (nSPS) is 10.7. The van der Waals surface area contributed by atoms with E-state index in [1.54, 1.807) is 0 Å². The van der Waals surface area contributed by atoms with E-state index in [4.69, 9.17) is 11.5 Å². The molecule has 0 aliphatic heterocycles. The van der Waals surface area contributed by atoms with Crippen LogP contribution in [0.25, 0.3) is 27.6 Å². The molecule has 0 heterocycles. The lowest BCUT2D eigenvalue weighted by molar-refractivity contribution is -0.120. The molecule has 0 fully saturated rings. The molecule has 0 bridgehead atoms. The Kier molecular flexibility index (Phi) is 5.73. The summed E-state index contributed by atoms with van der Waals surface area (Å²) in [7, 11) is 0. The molecular formula is C30H23N3O2. The molecule has 4 N–H and O–H groups in total. The van der Waals surface area contributed by atoms with Crippen LogP contribution < -0.4 is 16.4 Å². The number of amides is 2. The molecule has 0 spiro atoms. The van der Waals surface area contributed by atoms with Crippen molar-refractivity contribution in [3.8, 4) is 0 Å². The number of fused-ring (bicyclic) bond motifs is 2. The van der Waals surface area contributed by atoms with Gasteiger partial charge in [-0.3, -0.25) is 9.59 Å². The molecule has 0 aliphatic rings. The number of hydrogen-bond acceptors (Lipinski definition) is 3. The quantitative estimate of drug-likeness (QED) is 0.191. The molecule has 35 heavy (non-hydrogen) atoms. The van der Waals surface area contributed by atoms with Crippen molar-refractivity contribution in [3.63, 3.8) is 0 Å². The molecule has 0 unspecified atom stereocenters. The summed E-state index contributed by atoms with van der Waals surface area (Å²) in [5.74, 6) is -1.69. The average Bonchev–Trinajstić information content (AvgIpc) is 2.87. The van der Waals surface area contributed by atoms with Crippen molar-refractivity contribution < 1.29 is 9.59 Å². The van der Waals surface area contributed by atoms with Gasteiger partial charge in [0.25, 0.3) is 11.8 Å². The molecule has 0 aliphatic carbocycles. The van der Waals surface area contributed by atoms with Crippen LogP contribution >= 0.6 is 0 Å². The van der Waals surface area contributed by atoms with Gasteiger partial charge in [-0.2, -0.15) is 0 Å². The fourth-order valence-electron chi connectivity index (χ4n) is 4.25. The summed E-state index contributed by atoms with van der Waals surface area (Å²) in [6.07, 6.45) is 1.42. The first-order valence-electron chi connectivity index (χ1n) is 11.2. The number of hydrogen-bond donors (Lipinski definition) is 2. The largest absolute Gasteiger partial charge is 0.365 e. The van der Waals surface area contributed by atoms with E-state index in [9.17, 15) is 9.59 Å². The van der Waals surface area contributed by atoms with Crippen LogP contribution in [0.3, 0.4) is 0 Å². The van der Waals surface area contributed by atoms with Crippen LogP contribution in [-0.2, 0) is 9.59 Å². The first-order chi connectivity index (χ1) is 17.0. The zero-order chi connectivity index (χ0) is 24.4. The molecule has 2 amide bonds. The molecule has 5 heteroatoms. The highest BCUT2D eigenvalue weighted by Crippen LogP contribution is 2.37. The summed E-state index contributed by atoms with van der Waals surface area (Å²) >= 11 is 0.